The fourth-order valence-corrected chi connectivity index (χ4v) is 3.36. The lowest BCUT2D eigenvalue weighted by molar-refractivity contribution is -0.156. The van der Waals surface area contributed by atoms with E-state index in [2.05, 4.69) is 6.92 Å². The monoisotopic (exact) mass is 328 g/mol. The largest absolute Gasteiger partial charge is 0.462 e. The van der Waals surface area contributed by atoms with Crippen LogP contribution in [0, 0.1) is 5.92 Å². The van der Waals surface area contributed by atoms with Gasteiger partial charge in [0.2, 0.25) is 0 Å². The van der Waals surface area contributed by atoms with Gasteiger partial charge < -0.3 is 14.9 Å². The van der Waals surface area contributed by atoms with E-state index in [0.717, 1.165) is 44.9 Å². The van der Waals surface area contributed by atoms with E-state index < -0.39 is 6.29 Å². The lowest BCUT2D eigenvalue weighted by Crippen LogP contribution is -2.27. The van der Waals surface area contributed by atoms with Crippen LogP contribution in [0.4, 0.5) is 0 Å². The first-order valence-corrected chi connectivity index (χ1v) is 9.70. The minimum Gasteiger partial charge on any atom is -0.462 e. The summed E-state index contributed by atoms with van der Waals surface area (Å²) in [5, 5.41) is 16.7. The maximum atomic E-state index is 11.8. The third kappa shape index (κ3) is 9.98. The van der Waals surface area contributed by atoms with Gasteiger partial charge in [0.05, 0.1) is 5.92 Å². The Morgan fingerprint density at radius 1 is 0.957 bits per heavy atom. The van der Waals surface area contributed by atoms with Crippen molar-refractivity contribution >= 4 is 5.97 Å². The fourth-order valence-electron chi connectivity index (χ4n) is 3.36. The number of ether oxygens (including phenoxy) is 1. The highest BCUT2D eigenvalue weighted by molar-refractivity contribution is 5.72. The van der Waals surface area contributed by atoms with Crippen molar-refractivity contribution in [3.63, 3.8) is 0 Å². The van der Waals surface area contributed by atoms with Gasteiger partial charge in [0.1, 0.15) is 6.10 Å². The molecule has 2 fully saturated rings. The van der Waals surface area contributed by atoms with Crippen LogP contribution >= 0.6 is 0 Å². The Balaban J connectivity index is 0.000000284. The number of carbonyl (C=O) groups is 1. The molecule has 2 saturated carbocycles. The van der Waals surface area contributed by atoms with Crippen LogP contribution in [-0.4, -0.2) is 28.6 Å². The molecule has 2 N–H and O–H groups in total. The molecule has 0 aromatic carbocycles. The number of unbranched alkanes of at least 4 members (excludes halogenated alkanes) is 2. The number of carbonyl (C=O) groups excluding carboxylic acids is 1. The zero-order valence-electron chi connectivity index (χ0n) is 14.8. The first-order valence-electron chi connectivity index (χ1n) is 9.70. The average molecular weight is 328 g/mol. The van der Waals surface area contributed by atoms with E-state index in [-0.39, 0.29) is 18.0 Å². The number of rotatable bonds is 6. The van der Waals surface area contributed by atoms with Gasteiger partial charge in [0.15, 0.2) is 6.29 Å². The quantitative estimate of drug-likeness (QED) is 0.433. The Labute approximate surface area is 141 Å². The van der Waals surface area contributed by atoms with Gasteiger partial charge in [-0.2, -0.15) is 0 Å². The van der Waals surface area contributed by atoms with Gasteiger partial charge in [-0.05, 0) is 51.4 Å². The van der Waals surface area contributed by atoms with Crippen LogP contribution < -0.4 is 0 Å². The molecule has 0 saturated heterocycles. The van der Waals surface area contributed by atoms with Crippen molar-refractivity contribution < 1.29 is 19.7 Å². The molecule has 2 rings (SSSR count). The van der Waals surface area contributed by atoms with Crippen LogP contribution in [0.25, 0.3) is 0 Å². The first-order chi connectivity index (χ1) is 11.1. The van der Waals surface area contributed by atoms with Crippen molar-refractivity contribution in [2.75, 3.05) is 0 Å². The number of aliphatic hydroxyl groups excluding tert-OH is 1. The molecule has 4 heteroatoms. The minimum absolute atomic E-state index is 0.0987. The second-order valence-electron chi connectivity index (χ2n) is 7.01. The van der Waals surface area contributed by atoms with Crippen molar-refractivity contribution in [2.24, 2.45) is 5.92 Å². The zero-order valence-corrected chi connectivity index (χ0v) is 14.8. The van der Waals surface area contributed by atoms with Crippen molar-refractivity contribution in [3.8, 4) is 0 Å². The minimum atomic E-state index is -1.10. The smallest absolute Gasteiger partial charge is 0.309 e. The Morgan fingerprint density at radius 2 is 1.52 bits per heavy atom. The molecule has 0 radical (unpaired) electrons. The molecule has 0 aromatic heterocycles. The Bertz CT molecular complexity index is 292. The van der Waals surface area contributed by atoms with E-state index in [9.17, 15) is 4.79 Å². The molecule has 2 aliphatic rings. The Morgan fingerprint density at radius 3 is 2.04 bits per heavy atom. The number of hydrogen-bond acceptors (Lipinski definition) is 4. The summed E-state index contributed by atoms with van der Waals surface area (Å²) in [5.74, 6) is 0.322. The molecule has 0 aromatic rings. The van der Waals surface area contributed by atoms with Crippen LogP contribution in [0.3, 0.4) is 0 Å². The zero-order chi connectivity index (χ0) is 16.9. The third-order valence-electron chi connectivity index (χ3n) is 4.84. The summed E-state index contributed by atoms with van der Waals surface area (Å²) in [6.07, 6.45) is 14.7. The fraction of sp³-hybridized carbons (Fsp3) is 0.947. The normalized spacial score (nSPS) is 20.0. The van der Waals surface area contributed by atoms with Crippen LogP contribution in [0.5, 0.6) is 0 Å². The van der Waals surface area contributed by atoms with Gasteiger partial charge in [-0.1, -0.05) is 45.4 Å². The number of aliphatic hydroxyl groups is 2. The van der Waals surface area contributed by atoms with Gasteiger partial charge in [-0.25, -0.2) is 0 Å². The number of esters is 1. The SMILES string of the molecule is CCCCCC(O)O.O=C(OC1CCCCC1)C1CCCCC1. The maximum Gasteiger partial charge on any atom is 0.309 e. The van der Waals surface area contributed by atoms with Gasteiger partial charge in [0.25, 0.3) is 0 Å². The molecule has 0 aliphatic heterocycles. The highest BCUT2D eigenvalue weighted by Gasteiger charge is 2.25. The molecule has 4 nitrogen and oxygen atoms in total. The van der Waals surface area contributed by atoms with E-state index in [1.807, 2.05) is 0 Å². The Kier molecular flexibility index (Phi) is 11.3. The van der Waals surface area contributed by atoms with Gasteiger partial charge in [-0.3, -0.25) is 4.79 Å². The van der Waals surface area contributed by atoms with Crippen molar-refractivity contribution in [2.45, 2.75) is 109 Å². The highest BCUT2D eigenvalue weighted by atomic mass is 16.5. The summed E-state index contributed by atoms with van der Waals surface area (Å²) >= 11 is 0. The predicted octanol–water partition coefficient (Wildman–Crippen LogP) is 4.32. The summed E-state index contributed by atoms with van der Waals surface area (Å²) in [5.41, 5.74) is 0. The first kappa shape index (κ1) is 20.4. The Hall–Kier alpha value is -0.610. The number of hydrogen-bond donors (Lipinski definition) is 2. The maximum absolute atomic E-state index is 11.8. The second kappa shape index (κ2) is 12.8. The summed E-state index contributed by atoms with van der Waals surface area (Å²) in [6.45, 7) is 2.09. The van der Waals surface area contributed by atoms with E-state index in [1.54, 1.807) is 0 Å². The van der Waals surface area contributed by atoms with E-state index in [4.69, 9.17) is 14.9 Å². The van der Waals surface area contributed by atoms with E-state index in [0.29, 0.717) is 6.42 Å². The van der Waals surface area contributed by atoms with E-state index in [1.165, 1.54) is 38.5 Å². The van der Waals surface area contributed by atoms with Gasteiger partial charge in [0, 0.05) is 0 Å². The molecule has 0 unspecified atom stereocenters. The van der Waals surface area contributed by atoms with Gasteiger partial charge >= 0.3 is 5.97 Å². The highest BCUT2D eigenvalue weighted by Crippen LogP contribution is 2.27. The molecule has 0 bridgehead atoms. The standard InChI is InChI=1S/C13H22O2.C6H14O2/c14-13(11-7-3-1-4-8-11)15-12-9-5-2-6-10-12;1-2-3-4-5-6(7)8/h11-12H,1-10H2;6-8H,2-5H2,1H3. The molecule has 2 aliphatic carbocycles. The lowest BCUT2D eigenvalue weighted by atomic mass is 9.89. The summed E-state index contributed by atoms with van der Waals surface area (Å²) in [4.78, 5) is 11.8. The van der Waals surface area contributed by atoms with Crippen LogP contribution in [0.2, 0.25) is 0 Å². The van der Waals surface area contributed by atoms with Crippen molar-refractivity contribution in [3.05, 3.63) is 0 Å². The molecule has 0 heterocycles. The molecule has 23 heavy (non-hydrogen) atoms. The van der Waals surface area contributed by atoms with Crippen LogP contribution in [0.1, 0.15) is 96.8 Å². The topological polar surface area (TPSA) is 66.8 Å². The molecule has 0 amide bonds. The summed E-state index contributed by atoms with van der Waals surface area (Å²) < 4.78 is 5.59. The van der Waals surface area contributed by atoms with Crippen molar-refractivity contribution in [1.82, 2.24) is 0 Å². The second-order valence-corrected chi connectivity index (χ2v) is 7.01. The molecule has 136 valence electrons. The molecule has 0 atom stereocenters. The molecular weight excluding hydrogens is 292 g/mol. The van der Waals surface area contributed by atoms with Crippen molar-refractivity contribution in [1.29, 1.82) is 0 Å². The van der Waals surface area contributed by atoms with Crippen LogP contribution in [0.15, 0.2) is 0 Å². The van der Waals surface area contributed by atoms with Crippen LogP contribution in [-0.2, 0) is 9.53 Å². The predicted molar refractivity (Wildman–Crippen MR) is 91.9 cm³/mol. The molecular formula is C19H36O4. The van der Waals surface area contributed by atoms with Gasteiger partial charge in [-0.15, -0.1) is 0 Å². The summed E-state index contributed by atoms with van der Waals surface area (Å²) in [6, 6.07) is 0. The summed E-state index contributed by atoms with van der Waals surface area (Å²) in [7, 11) is 0. The third-order valence-corrected chi connectivity index (χ3v) is 4.84. The lowest BCUT2D eigenvalue weighted by Gasteiger charge is -2.26. The van der Waals surface area contributed by atoms with E-state index >= 15 is 0 Å². The molecule has 0 spiro atoms. The average Bonchev–Trinajstić information content (AvgIpc) is 2.57.